The molecule has 0 radical (unpaired) electrons. The Morgan fingerprint density at radius 3 is 2.40 bits per heavy atom. The van der Waals surface area contributed by atoms with Gasteiger partial charge in [0.2, 0.25) is 5.91 Å². The Kier molecular flexibility index (Phi) is 4.09. The van der Waals surface area contributed by atoms with Crippen molar-refractivity contribution in [2.75, 3.05) is 5.32 Å². The van der Waals surface area contributed by atoms with Gasteiger partial charge in [-0.1, -0.05) is 0 Å². The molecule has 0 saturated carbocycles. The molecule has 0 aliphatic carbocycles. The lowest BCUT2D eigenvalue weighted by Gasteiger charge is -2.16. The number of rotatable bonds is 4. The maximum absolute atomic E-state index is 11.6. The third kappa shape index (κ3) is 3.97. The highest BCUT2D eigenvalue weighted by atomic mass is 16.2. The van der Waals surface area contributed by atoms with E-state index in [1.54, 1.807) is 12.4 Å². The molecule has 2 N–H and O–H groups in total. The molecule has 0 fully saturated rings. The topological polar surface area (TPSA) is 54.0 Å². The van der Waals surface area contributed by atoms with E-state index < -0.39 is 0 Å². The van der Waals surface area contributed by atoms with Gasteiger partial charge in [0.05, 0.1) is 0 Å². The Morgan fingerprint density at radius 2 is 1.87 bits per heavy atom. The van der Waals surface area contributed by atoms with Gasteiger partial charge in [0.25, 0.3) is 0 Å². The van der Waals surface area contributed by atoms with Crippen LogP contribution in [0.25, 0.3) is 0 Å². The molecule has 1 unspecified atom stereocenters. The van der Waals surface area contributed by atoms with Gasteiger partial charge in [0.15, 0.2) is 0 Å². The van der Waals surface area contributed by atoms with E-state index in [0.29, 0.717) is 0 Å². The molecule has 0 spiro atoms. The number of carbonyl (C=O) groups is 1. The predicted octanol–water partition coefficient (Wildman–Crippen LogP) is 1.41. The lowest BCUT2D eigenvalue weighted by molar-refractivity contribution is -0.122. The van der Waals surface area contributed by atoms with Crippen molar-refractivity contribution in [1.29, 1.82) is 0 Å². The van der Waals surface area contributed by atoms with E-state index in [-0.39, 0.29) is 18.0 Å². The van der Waals surface area contributed by atoms with Gasteiger partial charge in [0, 0.05) is 24.1 Å². The summed E-state index contributed by atoms with van der Waals surface area (Å²) in [7, 11) is 0. The number of pyridine rings is 1. The highest BCUT2D eigenvalue weighted by molar-refractivity contribution is 5.84. The smallest absolute Gasteiger partial charge is 0.242 e. The minimum atomic E-state index is -0.241. The molecule has 1 heterocycles. The maximum Gasteiger partial charge on any atom is 0.242 e. The fraction of sp³-hybridized carbons (Fsp3) is 0.455. The standard InChI is InChI=1S/C11H17N3O/c1-8(2)13-11(15)9(3)14-10-4-6-12-7-5-10/h4-9H,1-3H3,(H,12,14)(H,13,15). The summed E-state index contributed by atoms with van der Waals surface area (Å²) >= 11 is 0. The van der Waals surface area contributed by atoms with Crippen LogP contribution in [-0.2, 0) is 4.79 Å². The molecular weight excluding hydrogens is 190 g/mol. The van der Waals surface area contributed by atoms with Crippen LogP contribution in [0.1, 0.15) is 20.8 Å². The van der Waals surface area contributed by atoms with Crippen LogP contribution in [-0.4, -0.2) is 23.0 Å². The monoisotopic (exact) mass is 207 g/mol. The van der Waals surface area contributed by atoms with Gasteiger partial charge in [0.1, 0.15) is 6.04 Å². The molecule has 4 heteroatoms. The average molecular weight is 207 g/mol. The van der Waals surface area contributed by atoms with Crippen molar-refractivity contribution in [2.45, 2.75) is 32.9 Å². The van der Waals surface area contributed by atoms with E-state index in [1.807, 2.05) is 32.9 Å². The quantitative estimate of drug-likeness (QED) is 0.784. The SMILES string of the molecule is CC(C)NC(=O)C(C)Nc1ccncc1. The van der Waals surface area contributed by atoms with Crippen molar-refractivity contribution in [1.82, 2.24) is 10.3 Å². The molecule has 82 valence electrons. The minimum Gasteiger partial charge on any atom is -0.374 e. The van der Waals surface area contributed by atoms with Crippen LogP contribution >= 0.6 is 0 Å². The van der Waals surface area contributed by atoms with Crippen LogP contribution in [0.3, 0.4) is 0 Å². The molecular formula is C11H17N3O. The highest BCUT2D eigenvalue weighted by Crippen LogP contribution is 2.05. The number of aromatic nitrogens is 1. The molecule has 0 aromatic carbocycles. The normalized spacial score (nSPS) is 12.3. The first kappa shape index (κ1) is 11.5. The number of carbonyl (C=O) groups excluding carboxylic acids is 1. The average Bonchev–Trinajstić information content (AvgIpc) is 2.18. The van der Waals surface area contributed by atoms with Crippen molar-refractivity contribution in [2.24, 2.45) is 0 Å². The van der Waals surface area contributed by atoms with Crippen LogP contribution in [0.5, 0.6) is 0 Å². The molecule has 1 atom stereocenters. The summed E-state index contributed by atoms with van der Waals surface area (Å²) in [6.07, 6.45) is 3.38. The van der Waals surface area contributed by atoms with Gasteiger partial charge in [-0.25, -0.2) is 0 Å². The summed E-state index contributed by atoms with van der Waals surface area (Å²) in [5.74, 6) is 0.00168. The highest BCUT2D eigenvalue weighted by Gasteiger charge is 2.12. The third-order valence-electron chi connectivity index (χ3n) is 1.89. The zero-order chi connectivity index (χ0) is 11.3. The van der Waals surface area contributed by atoms with E-state index in [1.165, 1.54) is 0 Å². The van der Waals surface area contributed by atoms with Crippen LogP contribution in [0, 0.1) is 0 Å². The first-order chi connectivity index (χ1) is 7.09. The lowest BCUT2D eigenvalue weighted by Crippen LogP contribution is -2.40. The number of amides is 1. The van der Waals surface area contributed by atoms with Crippen LogP contribution in [0.15, 0.2) is 24.5 Å². The molecule has 1 amide bonds. The summed E-state index contributed by atoms with van der Waals surface area (Å²) in [5.41, 5.74) is 0.899. The van der Waals surface area contributed by atoms with E-state index >= 15 is 0 Å². The Morgan fingerprint density at radius 1 is 1.27 bits per heavy atom. The second-order valence-electron chi connectivity index (χ2n) is 3.77. The summed E-state index contributed by atoms with van der Waals surface area (Å²) in [6, 6.07) is 3.59. The van der Waals surface area contributed by atoms with Gasteiger partial charge in [-0.05, 0) is 32.9 Å². The molecule has 1 aromatic heterocycles. The Labute approximate surface area is 90.1 Å². The molecule has 4 nitrogen and oxygen atoms in total. The number of hydrogen-bond donors (Lipinski definition) is 2. The number of nitrogens with one attached hydrogen (secondary N) is 2. The molecule has 0 saturated heterocycles. The van der Waals surface area contributed by atoms with Gasteiger partial charge < -0.3 is 10.6 Å². The second-order valence-corrected chi connectivity index (χ2v) is 3.77. The van der Waals surface area contributed by atoms with Gasteiger partial charge in [-0.3, -0.25) is 9.78 Å². The first-order valence-electron chi connectivity index (χ1n) is 5.06. The second kappa shape index (κ2) is 5.34. The van der Waals surface area contributed by atoms with E-state index in [9.17, 15) is 4.79 Å². The van der Waals surface area contributed by atoms with Crippen molar-refractivity contribution >= 4 is 11.6 Å². The van der Waals surface area contributed by atoms with E-state index in [2.05, 4.69) is 15.6 Å². The van der Waals surface area contributed by atoms with Gasteiger partial charge in [-0.15, -0.1) is 0 Å². The predicted molar refractivity (Wildman–Crippen MR) is 60.6 cm³/mol. The van der Waals surface area contributed by atoms with Gasteiger partial charge >= 0.3 is 0 Å². The minimum absolute atomic E-state index is 0.00168. The zero-order valence-electron chi connectivity index (χ0n) is 9.32. The summed E-state index contributed by atoms with van der Waals surface area (Å²) < 4.78 is 0. The summed E-state index contributed by atoms with van der Waals surface area (Å²) in [5, 5.41) is 5.94. The largest absolute Gasteiger partial charge is 0.374 e. The Balaban J connectivity index is 2.49. The molecule has 15 heavy (non-hydrogen) atoms. The number of hydrogen-bond acceptors (Lipinski definition) is 3. The van der Waals surface area contributed by atoms with Crippen molar-refractivity contribution in [3.63, 3.8) is 0 Å². The molecule has 0 bridgehead atoms. The van der Waals surface area contributed by atoms with Crippen LogP contribution in [0.4, 0.5) is 5.69 Å². The lowest BCUT2D eigenvalue weighted by atomic mass is 10.2. The molecule has 1 aromatic rings. The van der Waals surface area contributed by atoms with Gasteiger partial charge in [-0.2, -0.15) is 0 Å². The van der Waals surface area contributed by atoms with Crippen molar-refractivity contribution in [3.8, 4) is 0 Å². The third-order valence-corrected chi connectivity index (χ3v) is 1.89. The fourth-order valence-corrected chi connectivity index (χ4v) is 1.17. The van der Waals surface area contributed by atoms with Crippen molar-refractivity contribution < 1.29 is 4.79 Å². The van der Waals surface area contributed by atoms with Crippen LogP contribution < -0.4 is 10.6 Å². The van der Waals surface area contributed by atoms with Crippen LogP contribution in [0.2, 0.25) is 0 Å². The van der Waals surface area contributed by atoms with E-state index in [0.717, 1.165) is 5.69 Å². The van der Waals surface area contributed by atoms with Crippen molar-refractivity contribution in [3.05, 3.63) is 24.5 Å². The number of anilines is 1. The Bertz CT molecular complexity index is 311. The zero-order valence-corrected chi connectivity index (χ0v) is 9.32. The first-order valence-corrected chi connectivity index (χ1v) is 5.06. The Hall–Kier alpha value is -1.58. The molecule has 1 rings (SSSR count). The molecule has 0 aliphatic rings. The maximum atomic E-state index is 11.6. The number of nitrogens with zero attached hydrogens (tertiary/aromatic N) is 1. The fourth-order valence-electron chi connectivity index (χ4n) is 1.17. The summed E-state index contributed by atoms with van der Waals surface area (Å²) in [6.45, 7) is 5.71. The van der Waals surface area contributed by atoms with E-state index in [4.69, 9.17) is 0 Å². The molecule has 0 aliphatic heterocycles. The summed E-state index contributed by atoms with van der Waals surface area (Å²) in [4.78, 5) is 15.5.